The number of para-hydroxylation sites is 2. The molecule has 5 rings (SSSR count). The molecular formula is C28H29ClN4O4. The monoisotopic (exact) mass is 520 g/mol. The highest BCUT2D eigenvalue weighted by Crippen LogP contribution is 2.45. The molecule has 1 aliphatic rings. The van der Waals surface area contributed by atoms with Crippen LogP contribution in [0, 0.1) is 0 Å². The highest BCUT2D eigenvalue weighted by molar-refractivity contribution is 6.30. The number of anilines is 2. The molecule has 37 heavy (non-hydrogen) atoms. The third-order valence-electron chi connectivity index (χ3n) is 6.58. The van der Waals surface area contributed by atoms with Crippen LogP contribution in [-0.4, -0.2) is 64.6 Å². The second-order valence-electron chi connectivity index (χ2n) is 8.57. The van der Waals surface area contributed by atoms with Crippen molar-refractivity contribution in [2.24, 2.45) is 0 Å². The van der Waals surface area contributed by atoms with Gasteiger partial charge in [0, 0.05) is 36.8 Å². The van der Waals surface area contributed by atoms with E-state index < -0.39 is 0 Å². The molecule has 0 spiro atoms. The van der Waals surface area contributed by atoms with Crippen LogP contribution >= 0.6 is 11.6 Å². The normalized spacial score (nSPS) is 13.5. The van der Waals surface area contributed by atoms with Crippen LogP contribution in [0.2, 0.25) is 5.02 Å². The fraction of sp³-hybridized carbons (Fsp3) is 0.286. The van der Waals surface area contributed by atoms with Crippen LogP contribution in [0.4, 0.5) is 11.5 Å². The van der Waals surface area contributed by atoms with Crippen molar-refractivity contribution in [2.45, 2.75) is 0 Å². The molecule has 0 aliphatic carbocycles. The summed E-state index contributed by atoms with van der Waals surface area (Å²) in [6.45, 7) is 3.15. The largest absolute Gasteiger partial charge is 0.495 e. The lowest BCUT2D eigenvalue weighted by atomic mass is 10.1. The molecule has 3 aromatic carbocycles. The van der Waals surface area contributed by atoms with E-state index in [0.717, 1.165) is 54.4 Å². The number of halogens is 1. The number of ether oxygens (including phenoxy) is 4. The molecule has 0 atom stereocenters. The lowest BCUT2D eigenvalue weighted by Gasteiger charge is -2.37. The molecule has 1 saturated heterocycles. The number of aromatic nitrogens is 2. The zero-order chi connectivity index (χ0) is 25.9. The van der Waals surface area contributed by atoms with Crippen molar-refractivity contribution in [1.29, 1.82) is 0 Å². The van der Waals surface area contributed by atoms with E-state index in [4.69, 9.17) is 40.5 Å². The maximum atomic E-state index is 6.14. The molecule has 0 amide bonds. The Bertz CT molecular complexity index is 1410. The predicted octanol–water partition coefficient (Wildman–Crippen LogP) is 5.31. The van der Waals surface area contributed by atoms with E-state index in [0.29, 0.717) is 33.6 Å². The van der Waals surface area contributed by atoms with E-state index in [1.807, 2.05) is 48.5 Å². The van der Waals surface area contributed by atoms with E-state index in [1.54, 1.807) is 28.4 Å². The Labute approximate surface area is 221 Å². The number of nitrogens with zero attached hydrogens (tertiary/aromatic N) is 4. The fourth-order valence-corrected chi connectivity index (χ4v) is 4.86. The van der Waals surface area contributed by atoms with Crippen LogP contribution in [0.25, 0.3) is 22.3 Å². The Morgan fingerprint density at radius 1 is 0.703 bits per heavy atom. The molecule has 0 unspecified atom stereocenters. The van der Waals surface area contributed by atoms with Crippen molar-refractivity contribution >= 4 is 34.0 Å². The maximum Gasteiger partial charge on any atom is 0.205 e. The highest BCUT2D eigenvalue weighted by atomic mass is 35.5. The van der Waals surface area contributed by atoms with Crippen LogP contribution in [-0.2, 0) is 0 Å². The van der Waals surface area contributed by atoms with Crippen LogP contribution in [0.1, 0.15) is 0 Å². The standard InChI is InChI=1S/C28H29ClN4O4/c1-34-22-8-6-5-7-21(22)32-13-15-33(16-14-32)28-20-17-23(35-2)25(36-3)26(37-4)24(20)30-27(31-28)18-9-11-19(29)12-10-18/h5-12,17H,13-16H2,1-4H3. The van der Waals surface area contributed by atoms with Gasteiger partial charge in [-0.25, -0.2) is 9.97 Å². The van der Waals surface area contributed by atoms with Crippen LogP contribution in [0.3, 0.4) is 0 Å². The molecule has 0 N–H and O–H groups in total. The molecule has 0 saturated carbocycles. The summed E-state index contributed by atoms with van der Waals surface area (Å²) >= 11 is 6.14. The number of benzene rings is 3. The number of fused-ring (bicyclic) bond motifs is 1. The first-order valence-corrected chi connectivity index (χ1v) is 12.3. The van der Waals surface area contributed by atoms with Gasteiger partial charge in [0.15, 0.2) is 17.3 Å². The summed E-state index contributed by atoms with van der Waals surface area (Å²) in [7, 11) is 6.51. The summed E-state index contributed by atoms with van der Waals surface area (Å²) in [6.07, 6.45) is 0. The number of piperazine rings is 1. The molecule has 8 nitrogen and oxygen atoms in total. The van der Waals surface area contributed by atoms with Gasteiger partial charge in [0.2, 0.25) is 5.75 Å². The molecular weight excluding hydrogens is 492 g/mol. The van der Waals surface area contributed by atoms with E-state index in [2.05, 4.69) is 15.9 Å². The fourth-order valence-electron chi connectivity index (χ4n) is 4.73. The van der Waals surface area contributed by atoms with Crippen molar-refractivity contribution in [3.8, 4) is 34.4 Å². The molecule has 1 fully saturated rings. The molecule has 4 aromatic rings. The van der Waals surface area contributed by atoms with Gasteiger partial charge in [0.1, 0.15) is 17.1 Å². The number of hydrogen-bond acceptors (Lipinski definition) is 8. The first-order chi connectivity index (χ1) is 18.1. The zero-order valence-electron chi connectivity index (χ0n) is 21.3. The van der Waals surface area contributed by atoms with Gasteiger partial charge in [-0.05, 0) is 42.5 Å². The first-order valence-electron chi connectivity index (χ1n) is 12.0. The summed E-state index contributed by atoms with van der Waals surface area (Å²) in [5.41, 5.74) is 2.60. The predicted molar refractivity (Wildman–Crippen MR) is 147 cm³/mol. The molecule has 9 heteroatoms. The average molecular weight is 521 g/mol. The molecule has 1 aliphatic heterocycles. The SMILES string of the molecule is COc1ccccc1N1CCN(c2nc(-c3ccc(Cl)cc3)nc3c(OC)c(OC)c(OC)cc23)CC1. The van der Waals surface area contributed by atoms with E-state index in [1.165, 1.54) is 0 Å². The van der Waals surface area contributed by atoms with Crippen molar-refractivity contribution < 1.29 is 18.9 Å². The van der Waals surface area contributed by atoms with Crippen LogP contribution < -0.4 is 28.7 Å². The van der Waals surface area contributed by atoms with Crippen molar-refractivity contribution in [3.63, 3.8) is 0 Å². The van der Waals surface area contributed by atoms with Crippen LogP contribution in [0.5, 0.6) is 23.0 Å². The van der Waals surface area contributed by atoms with Gasteiger partial charge in [0.05, 0.1) is 39.5 Å². The smallest absolute Gasteiger partial charge is 0.205 e. The summed E-state index contributed by atoms with van der Waals surface area (Å²) in [6, 6.07) is 17.5. The minimum Gasteiger partial charge on any atom is -0.495 e. The second-order valence-corrected chi connectivity index (χ2v) is 9.00. The number of methoxy groups -OCH3 is 4. The van der Waals surface area contributed by atoms with Gasteiger partial charge in [-0.2, -0.15) is 0 Å². The Hall–Kier alpha value is -3.91. The van der Waals surface area contributed by atoms with E-state index in [-0.39, 0.29) is 0 Å². The molecule has 192 valence electrons. The van der Waals surface area contributed by atoms with Crippen molar-refractivity contribution in [2.75, 3.05) is 64.4 Å². The Balaban J connectivity index is 1.60. The minimum absolute atomic E-state index is 0.491. The van der Waals surface area contributed by atoms with Crippen LogP contribution in [0.15, 0.2) is 54.6 Å². The van der Waals surface area contributed by atoms with Gasteiger partial charge in [0.25, 0.3) is 0 Å². The van der Waals surface area contributed by atoms with Crippen molar-refractivity contribution in [1.82, 2.24) is 9.97 Å². The summed E-state index contributed by atoms with van der Waals surface area (Å²) in [5.74, 6) is 3.82. The summed E-state index contributed by atoms with van der Waals surface area (Å²) in [4.78, 5) is 14.6. The Morgan fingerprint density at radius 2 is 1.35 bits per heavy atom. The quantitative estimate of drug-likeness (QED) is 0.325. The lowest BCUT2D eigenvalue weighted by Crippen LogP contribution is -2.47. The summed E-state index contributed by atoms with van der Waals surface area (Å²) < 4.78 is 22.7. The molecule has 2 heterocycles. The topological polar surface area (TPSA) is 69.2 Å². The third-order valence-corrected chi connectivity index (χ3v) is 6.83. The third kappa shape index (κ3) is 4.64. The Kier molecular flexibility index (Phi) is 7.10. The van der Waals surface area contributed by atoms with Gasteiger partial charge >= 0.3 is 0 Å². The lowest BCUT2D eigenvalue weighted by molar-refractivity contribution is 0.327. The zero-order valence-corrected chi connectivity index (χ0v) is 22.1. The highest BCUT2D eigenvalue weighted by Gasteiger charge is 2.26. The van der Waals surface area contributed by atoms with Gasteiger partial charge in [-0.1, -0.05) is 23.7 Å². The first kappa shape index (κ1) is 24.8. The Morgan fingerprint density at radius 3 is 2.00 bits per heavy atom. The van der Waals surface area contributed by atoms with Crippen molar-refractivity contribution in [3.05, 3.63) is 59.6 Å². The van der Waals surface area contributed by atoms with E-state index >= 15 is 0 Å². The minimum atomic E-state index is 0.491. The second kappa shape index (κ2) is 10.6. The molecule has 1 aromatic heterocycles. The maximum absolute atomic E-state index is 6.14. The molecule has 0 bridgehead atoms. The summed E-state index contributed by atoms with van der Waals surface area (Å²) in [5, 5.41) is 1.49. The average Bonchev–Trinajstić information content (AvgIpc) is 2.95. The van der Waals surface area contributed by atoms with Gasteiger partial charge in [-0.15, -0.1) is 0 Å². The van der Waals surface area contributed by atoms with Gasteiger partial charge < -0.3 is 28.7 Å². The van der Waals surface area contributed by atoms with E-state index in [9.17, 15) is 0 Å². The number of hydrogen-bond donors (Lipinski definition) is 0. The number of rotatable bonds is 7. The molecule has 0 radical (unpaired) electrons. The van der Waals surface area contributed by atoms with Gasteiger partial charge in [-0.3, -0.25) is 0 Å².